The van der Waals surface area contributed by atoms with Crippen LogP contribution in [0.2, 0.25) is 0 Å². The lowest BCUT2D eigenvalue weighted by Gasteiger charge is -2.26. The number of nitrogens with zero attached hydrogens (tertiary/aromatic N) is 2. The molecule has 1 amide bonds. The van der Waals surface area contributed by atoms with E-state index in [9.17, 15) is 14.4 Å². The minimum atomic E-state index is -1.03. The average molecular weight is 684 g/mol. The van der Waals surface area contributed by atoms with Crippen LogP contribution in [0.4, 0.5) is 4.39 Å². The first-order valence-electron chi connectivity index (χ1n) is 17.9. The Morgan fingerprint density at radius 3 is 2.50 bits per heavy atom. The van der Waals surface area contributed by atoms with Gasteiger partial charge in [-0.3, -0.25) is 14.4 Å². The number of carbonyl (C=O) groups excluding carboxylic acids is 2. The van der Waals surface area contributed by atoms with Crippen molar-refractivity contribution in [1.82, 2.24) is 14.8 Å². The van der Waals surface area contributed by atoms with Crippen LogP contribution in [0.25, 0.3) is 11.1 Å². The first-order valence-corrected chi connectivity index (χ1v) is 17.9. The fourth-order valence-electron chi connectivity index (χ4n) is 6.72. The van der Waals surface area contributed by atoms with Crippen molar-refractivity contribution >= 4 is 11.9 Å². The van der Waals surface area contributed by atoms with E-state index in [0.29, 0.717) is 12.0 Å². The summed E-state index contributed by atoms with van der Waals surface area (Å²) in [5, 5.41) is 2.99. The molecule has 0 unspecified atom stereocenters. The van der Waals surface area contributed by atoms with Crippen LogP contribution in [0.15, 0.2) is 72.7 Å². The minimum absolute atomic E-state index is 0.0754. The zero-order valence-corrected chi connectivity index (χ0v) is 30.5. The fraction of sp³-hybridized carbons (Fsp3) is 0.452. The van der Waals surface area contributed by atoms with Crippen molar-refractivity contribution in [2.75, 3.05) is 27.2 Å². The highest BCUT2D eigenvalue weighted by Crippen LogP contribution is 2.45. The average Bonchev–Trinajstić information content (AvgIpc) is 3.91. The number of esters is 1. The van der Waals surface area contributed by atoms with Crippen LogP contribution in [0.5, 0.6) is 0 Å². The molecule has 7 nitrogen and oxygen atoms in total. The first-order chi connectivity index (χ1) is 24.0. The number of amides is 1. The molecule has 50 heavy (non-hydrogen) atoms. The van der Waals surface area contributed by atoms with Crippen LogP contribution < -0.4 is 10.9 Å². The number of ether oxygens (including phenoxy) is 1. The first kappa shape index (κ1) is 38.5. The van der Waals surface area contributed by atoms with E-state index in [4.69, 9.17) is 4.74 Å². The summed E-state index contributed by atoms with van der Waals surface area (Å²) in [6.07, 6.45) is 11.4. The maximum atomic E-state index is 16.7. The maximum absolute atomic E-state index is 16.7. The van der Waals surface area contributed by atoms with E-state index in [1.165, 1.54) is 16.2 Å². The molecular weight excluding hydrogens is 629 g/mol. The van der Waals surface area contributed by atoms with Gasteiger partial charge in [0.15, 0.2) is 0 Å². The summed E-state index contributed by atoms with van der Waals surface area (Å²) in [6.45, 7) is 14.5. The third-order valence-electron chi connectivity index (χ3n) is 9.34. The van der Waals surface area contributed by atoms with Gasteiger partial charge in [0.1, 0.15) is 11.9 Å². The highest BCUT2D eigenvalue weighted by atomic mass is 19.1. The number of aryl methyl sites for hydroxylation is 3. The number of hydrogen-bond acceptors (Lipinski definition) is 5. The number of benzene rings is 2. The molecule has 0 aliphatic heterocycles. The van der Waals surface area contributed by atoms with Crippen LogP contribution in [0, 0.1) is 19.7 Å². The predicted molar refractivity (Wildman–Crippen MR) is 200 cm³/mol. The summed E-state index contributed by atoms with van der Waals surface area (Å²) in [6, 6.07) is 9.38. The Balaban J connectivity index is 1.81. The quantitative estimate of drug-likeness (QED) is 0.0785. The standard InChI is InChI=1S/C42H54FN3O4/c1-8-11-12-13-15-32-23-28(4)22-29(5)40(32)33-24-34(31-17-18-31)41(43)35(25-33)36(26-39(48)50-10-3)44-42(49)37(14-9-2)46-27-30(16-19-38(46)47)20-21-45(6)7/h8-9,16,19,22-25,27,31,36-37H,1-2,10-15,17-18,20-21,26H2,3-7H3,(H,44,49)/t36-,37-/m0/s1. The number of likely N-dealkylation sites (N-methyl/N-ethyl adjacent to an activating group) is 1. The highest BCUT2D eigenvalue weighted by Gasteiger charge is 2.33. The second-order valence-electron chi connectivity index (χ2n) is 13.8. The summed E-state index contributed by atoms with van der Waals surface area (Å²) in [5.41, 5.74) is 6.80. The van der Waals surface area contributed by atoms with Crippen molar-refractivity contribution in [3.8, 4) is 11.1 Å². The van der Waals surface area contributed by atoms with Crippen molar-refractivity contribution < 1.29 is 18.7 Å². The van der Waals surface area contributed by atoms with Crippen LogP contribution in [-0.2, 0) is 27.2 Å². The second kappa shape index (κ2) is 18.1. The van der Waals surface area contributed by atoms with Crippen molar-refractivity contribution in [3.63, 3.8) is 0 Å². The van der Waals surface area contributed by atoms with Gasteiger partial charge in [-0.25, -0.2) is 4.39 Å². The van der Waals surface area contributed by atoms with E-state index in [1.807, 2.05) is 31.1 Å². The van der Waals surface area contributed by atoms with E-state index in [1.54, 1.807) is 31.3 Å². The number of rotatable bonds is 19. The van der Waals surface area contributed by atoms with Crippen LogP contribution >= 0.6 is 0 Å². The molecule has 1 aliphatic carbocycles. The van der Waals surface area contributed by atoms with Gasteiger partial charge in [0.2, 0.25) is 5.91 Å². The molecule has 1 fully saturated rings. The molecule has 3 aromatic rings. The number of pyridine rings is 1. The summed E-state index contributed by atoms with van der Waals surface area (Å²) in [7, 11) is 3.95. The van der Waals surface area contributed by atoms with Crippen molar-refractivity contribution in [2.45, 2.75) is 96.6 Å². The Labute approximate surface area is 297 Å². The monoisotopic (exact) mass is 683 g/mol. The Morgan fingerprint density at radius 1 is 1.08 bits per heavy atom. The predicted octanol–water partition coefficient (Wildman–Crippen LogP) is 8.08. The number of nitrogens with one attached hydrogen (secondary N) is 1. The summed E-state index contributed by atoms with van der Waals surface area (Å²) in [5.74, 6) is -1.39. The van der Waals surface area contributed by atoms with Gasteiger partial charge in [0, 0.05) is 24.4 Å². The Hall–Kier alpha value is -4.30. The molecule has 0 bridgehead atoms. The Bertz CT molecular complexity index is 1740. The molecular formula is C42H54FN3O4. The summed E-state index contributed by atoms with van der Waals surface area (Å²) >= 11 is 0. The van der Waals surface area contributed by atoms with E-state index in [-0.39, 0.29) is 36.5 Å². The molecule has 0 radical (unpaired) electrons. The molecule has 1 N–H and O–H groups in total. The lowest BCUT2D eigenvalue weighted by atomic mass is 9.86. The summed E-state index contributed by atoms with van der Waals surface area (Å²) < 4.78 is 23.4. The molecule has 0 spiro atoms. The van der Waals surface area contributed by atoms with Crippen molar-refractivity contribution in [3.05, 3.63) is 117 Å². The molecule has 8 heteroatoms. The van der Waals surface area contributed by atoms with Gasteiger partial charge >= 0.3 is 5.97 Å². The van der Waals surface area contributed by atoms with Gasteiger partial charge in [-0.05, 0) is 138 Å². The van der Waals surface area contributed by atoms with Crippen LogP contribution in [0.1, 0.15) is 103 Å². The van der Waals surface area contributed by atoms with Gasteiger partial charge in [0.25, 0.3) is 5.56 Å². The number of hydrogen-bond donors (Lipinski definition) is 1. The lowest BCUT2D eigenvalue weighted by Crippen LogP contribution is -2.40. The topological polar surface area (TPSA) is 80.6 Å². The van der Waals surface area contributed by atoms with Crippen molar-refractivity contribution in [1.29, 1.82) is 0 Å². The lowest BCUT2D eigenvalue weighted by molar-refractivity contribution is -0.144. The Morgan fingerprint density at radius 2 is 1.84 bits per heavy atom. The van der Waals surface area contributed by atoms with E-state index < -0.39 is 29.8 Å². The molecule has 1 heterocycles. The molecule has 268 valence electrons. The maximum Gasteiger partial charge on any atom is 0.308 e. The number of allylic oxidation sites excluding steroid dienone is 2. The SMILES string of the molecule is C=CCCCCc1cc(C)cc(C)c1-c1cc(C2CC2)c(F)c([C@H](CC(=O)OCC)NC(=O)[C@H](CC=C)n2cc(CCN(C)C)ccc2=O)c1. The third-order valence-corrected chi connectivity index (χ3v) is 9.34. The Kier molecular flexibility index (Phi) is 13.9. The van der Waals surface area contributed by atoms with Gasteiger partial charge in [-0.1, -0.05) is 35.9 Å². The smallest absolute Gasteiger partial charge is 0.308 e. The van der Waals surface area contributed by atoms with Gasteiger partial charge in [-0.2, -0.15) is 0 Å². The minimum Gasteiger partial charge on any atom is -0.466 e. The normalized spacial score (nSPS) is 13.9. The van der Waals surface area contributed by atoms with Crippen molar-refractivity contribution in [2.24, 2.45) is 0 Å². The summed E-state index contributed by atoms with van der Waals surface area (Å²) in [4.78, 5) is 42.4. The van der Waals surface area contributed by atoms with E-state index in [0.717, 1.165) is 72.9 Å². The molecule has 4 rings (SSSR count). The zero-order valence-electron chi connectivity index (χ0n) is 30.5. The van der Waals surface area contributed by atoms with Gasteiger partial charge in [0.05, 0.1) is 19.1 Å². The molecule has 2 aromatic carbocycles. The molecule has 1 aromatic heterocycles. The molecule has 1 aliphatic rings. The number of aromatic nitrogens is 1. The van der Waals surface area contributed by atoms with Crippen LogP contribution in [0.3, 0.4) is 0 Å². The van der Waals surface area contributed by atoms with Crippen LogP contribution in [-0.4, -0.2) is 48.6 Å². The second-order valence-corrected chi connectivity index (χ2v) is 13.8. The molecule has 2 atom stereocenters. The van der Waals surface area contributed by atoms with E-state index in [2.05, 4.69) is 44.5 Å². The van der Waals surface area contributed by atoms with E-state index >= 15 is 4.39 Å². The largest absolute Gasteiger partial charge is 0.466 e. The molecule has 1 saturated carbocycles. The third kappa shape index (κ3) is 10.1. The van der Waals surface area contributed by atoms with Gasteiger partial charge < -0.3 is 19.5 Å². The number of halogens is 1. The highest BCUT2D eigenvalue weighted by molar-refractivity contribution is 5.82. The number of carbonyl (C=O) groups is 2. The molecule has 0 saturated heterocycles. The zero-order chi connectivity index (χ0) is 36.4. The fourth-order valence-corrected chi connectivity index (χ4v) is 6.72. The van der Waals surface area contributed by atoms with Gasteiger partial charge in [-0.15, -0.1) is 13.2 Å². The number of unbranched alkanes of at least 4 members (excludes halogenated alkanes) is 2.